The molecule has 2 fully saturated rings. The van der Waals surface area contributed by atoms with Gasteiger partial charge in [0.15, 0.2) is 0 Å². The molecule has 0 aliphatic carbocycles. The second-order valence-corrected chi connectivity index (χ2v) is 5.17. The molecule has 1 amide bonds. The molecule has 0 radical (unpaired) electrons. The Morgan fingerprint density at radius 2 is 2.25 bits per heavy atom. The SMILES string of the molecule is CC1CCCC(CN)N1CC1CCC(=O)N1. The Hall–Kier alpha value is -0.610. The third-order valence-electron chi connectivity index (χ3n) is 3.98. The molecule has 2 saturated heterocycles. The van der Waals surface area contributed by atoms with Crippen molar-refractivity contribution in [1.29, 1.82) is 0 Å². The van der Waals surface area contributed by atoms with E-state index in [1.807, 2.05) is 0 Å². The van der Waals surface area contributed by atoms with Gasteiger partial charge in [-0.05, 0) is 26.2 Å². The topological polar surface area (TPSA) is 58.4 Å². The number of nitrogens with two attached hydrogens (primary N) is 1. The summed E-state index contributed by atoms with van der Waals surface area (Å²) < 4.78 is 0. The molecule has 3 atom stereocenters. The first-order valence-corrected chi connectivity index (χ1v) is 6.46. The highest BCUT2D eigenvalue weighted by Gasteiger charge is 2.31. The average molecular weight is 225 g/mol. The quantitative estimate of drug-likeness (QED) is 0.734. The summed E-state index contributed by atoms with van der Waals surface area (Å²) in [6.07, 6.45) is 5.44. The van der Waals surface area contributed by atoms with E-state index in [1.165, 1.54) is 19.3 Å². The van der Waals surface area contributed by atoms with Gasteiger partial charge in [-0.15, -0.1) is 0 Å². The van der Waals surface area contributed by atoms with Crippen molar-refractivity contribution in [3.8, 4) is 0 Å². The van der Waals surface area contributed by atoms with E-state index in [2.05, 4.69) is 17.1 Å². The molecule has 0 aromatic heterocycles. The van der Waals surface area contributed by atoms with Crippen LogP contribution in [0.1, 0.15) is 39.0 Å². The van der Waals surface area contributed by atoms with Crippen molar-refractivity contribution in [2.24, 2.45) is 5.73 Å². The van der Waals surface area contributed by atoms with Crippen molar-refractivity contribution < 1.29 is 4.79 Å². The van der Waals surface area contributed by atoms with E-state index in [-0.39, 0.29) is 5.91 Å². The average Bonchev–Trinajstić information content (AvgIpc) is 2.67. The molecular formula is C12H23N3O. The minimum atomic E-state index is 0.207. The van der Waals surface area contributed by atoms with Crippen molar-refractivity contribution in [3.05, 3.63) is 0 Å². The molecule has 3 unspecified atom stereocenters. The Labute approximate surface area is 97.6 Å². The van der Waals surface area contributed by atoms with Crippen LogP contribution in [0.4, 0.5) is 0 Å². The van der Waals surface area contributed by atoms with Gasteiger partial charge in [-0.25, -0.2) is 0 Å². The molecule has 4 heteroatoms. The van der Waals surface area contributed by atoms with Crippen LogP contribution in [0.3, 0.4) is 0 Å². The number of hydrogen-bond donors (Lipinski definition) is 2. The summed E-state index contributed by atoms with van der Waals surface area (Å²) in [7, 11) is 0. The minimum Gasteiger partial charge on any atom is -0.352 e. The number of carbonyl (C=O) groups excluding carboxylic acids is 1. The van der Waals surface area contributed by atoms with E-state index in [9.17, 15) is 4.79 Å². The van der Waals surface area contributed by atoms with E-state index in [1.54, 1.807) is 0 Å². The van der Waals surface area contributed by atoms with Crippen LogP contribution in [0.5, 0.6) is 0 Å². The Balaban J connectivity index is 1.92. The molecule has 16 heavy (non-hydrogen) atoms. The summed E-state index contributed by atoms with van der Waals surface area (Å²) in [4.78, 5) is 13.7. The fourth-order valence-corrected chi connectivity index (χ4v) is 2.99. The van der Waals surface area contributed by atoms with Crippen LogP contribution >= 0.6 is 0 Å². The standard InChI is InChI=1S/C12H23N3O/c1-9-3-2-4-11(7-13)15(9)8-10-5-6-12(16)14-10/h9-11H,2-8,13H2,1H3,(H,14,16). The van der Waals surface area contributed by atoms with Crippen molar-refractivity contribution in [1.82, 2.24) is 10.2 Å². The first kappa shape index (κ1) is 11.9. The van der Waals surface area contributed by atoms with E-state index in [0.717, 1.165) is 19.5 Å². The molecule has 2 aliphatic heterocycles. The zero-order valence-electron chi connectivity index (χ0n) is 10.1. The Bertz CT molecular complexity index is 257. The van der Waals surface area contributed by atoms with Gasteiger partial charge in [0.25, 0.3) is 0 Å². The fraction of sp³-hybridized carbons (Fsp3) is 0.917. The van der Waals surface area contributed by atoms with Crippen molar-refractivity contribution >= 4 is 5.91 Å². The van der Waals surface area contributed by atoms with Crippen LogP contribution in [-0.4, -0.2) is 42.0 Å². The molecular weight excluding hydrogens is 202 g/mol. The Morgan fingerprint density at radius 1 is 1.44 bits per heavy atom. The highest BCUT2D eigenvalue weighted by molar-refractivity contribution is 5.78. The second kappa shape index (κ2) is 5.15. The molecule has 92 valence electrons. The summed E-state index contributed by atoms with van der Waals surface area (Å²) in [6, 6.07) is 1.48. The predicted octanol–water partition coefficient (Wildman–Crippen LogP) is 0.467. The lowest BCUT2D eigenvalue weighted by Crippen LogP contribution is -2.53. The van der Waals surface area contributed by atoms with Gasteiger partial charge in [0.05, 0.1) is 0 Å². The molecule has 2 rings (SSSR count). The zero-order valence-corrected chi connectivity index (χ0v) is 10.1. The summed E-state index contributed by atoms with van der Waals surface area (Å²) in [6.45, 7) is 4.00. The summed E-state index contributed by atoms with van der Waals surface area (Å²) in [5.41, 5.74) is 5.83. The van der Waals surface area contributed by atoms with Crippen molar-refractivity contribution in [3.63, 3.8) is 0 Å². The van der Waals surface area contributed by atoms with Crippen LogP contribution in [0.25, 0.3) is 0 Å². The van der Waals surface area contributed by atoms with Crippen molar-refractivity contribution in [2.45, 2.75) is 57.2 Å². The molecule has 0 spiro atoms. The van der Waals surface area contributed by atoms with Gasteiger partial charge in [0.1, 0.15) is 0 Å². The summed E-state index contributed by atoms with van der Waals surface area (Å²) in [5.74, 6) is 0.207. The van der Waals surface area contributed by atoms with Gasteiger partial charge in [0, 0.05) is 37.6 Å². The van der Waals surface area contributed by atoms with Crippen molar-refractivity contribution in [2.75, 3.05) is 13.1 Å². The number of nitrogens with zero attached hydrogens (tertiary/aromatic N) is 1. The molecule has 4 nitrogen and oxygen atoms in total. The fourth-order valence-electron chi connectivity index (χ4n) is 2.99. The van der Waals surface area contributed by atoms with E-state index in [0.29, 0.717) is 24.5 Å². The lowest BCUT2D eigenvalue weighted by atomic mass is 9.95. The van der Waals surface area contributed by atoms with E-state index < -0.39 is 0 Å². The molecule has 0 saturated carbocycles. The number of amides is 1. The first-order chi connectivity index (χ1) is 7.70. The van der Waals surface area contributed by atoms with Gasteiger partial charge in [-0.3, -0.25) is 9.69 Å². The molecule has 2 aliphatic rings. The molecule has 2 heterocycles. The Morgan fingerprint density at radius 3 is 2.88 bits per heavy atom. The zero-order chi connectivity index (χ0) is 11.5. The highest BCUT2D eigenvalue weighted by atomic mass is 16.1. The maximum absolute atomic E-state index is 11.2. The van der Waals surface area contributed by atoms with E-state index >= 15 is 0 Å². The smallest absolute Gasteiger partial charge is 0.220 e. The third-order valence-corrected chi connectivity index (χ3v) is 3.98. The number of piperidine rings is 1. The van der Waals surface area contributed by atoms with Crippen LogP contribution in [0, 0.1) is 0 Å². The van der Waals surface area contributed by atoms with Crippen LogP contribution < -0.4 is 11.1 Å². The normalized spacial score (nSPS) is 36.4. The molecule has 0 aromatic rings. The maximum atomic E-state index is 11.2. The van der Waals surface area contributed by atoms with Gasteiger partial charge in [-0.1, -0.05) is 6.42 Å². The maximum Gasteiger partial charge on any atom is 0.220 e. The first-order valence-electron chi connectivity index (χ1n) is 6.46. The lowest BCUT2D eigenvalue weighted by molar-refractivity contribution is -0.119. The van der Waals surface area contributed by atoms with Crippen LogP contribution in [0.2, 0.25) is 0 Å². The predicted molar refractivity (Wildman–Crippen MR) is 64.0 cm³/mol. The third kappa shape index (κ3) is 2.55. The number of likely N-dealkylation sites (tertiary alicyclic amines) is 1. The number of nitrogens with one attached hydrogen (secondary N) is 1. The molecule has 0 bridgehead atoms. The molecule has 3 N–H and O–H groups in total. The summed E-state index contributed by atoms with van der Waals surface area (Å²) >= 11 is 0. The number of hydrogen-bond acceptors (Lipinski definition) is 3. The van der Waals surface area contributed by atoms with Crippen LogP contribution in [0.15, 0.2) is 0 Å². The lowest BCUT2D eigenvalue weighted by Gasteiger charge is -2.41. The minimum absolute atomic E-state index is 0.207. The summed E-state index contributed by atoms with van der Waals surface area (Å²) in [5, 5.41) is 3.04. The van der Waals surface area contributed by atoms with Gasteiger partial charge in [0.2, 0.25) is 5.91 Å². The highest BCUT2D eigenvalue weighted by Crippen LogP contribution is 2.23. The number of rotatable bonds is 3. The van der Waals surface area contributed by atoms with Gasteiger partial charge >= 0.3 is 0 Å². The largest absolute Gasteiger partial charge is 0.352 e. The Kier molecular flexibility index (Phi) is 3.82. The van der Waals surface area contributed by atoms with Crippen LogP contribution in [-0.2, 0) is 4.79 Å². The molecule has 0 aromatic carbocycles. The monoisotopic (exact) mass is 225 g/mol. The number of carbonyl (C=O) groups is 1. The van der Waals surface area contributed by atoms with Gasteiger partial charge in [-0.2, -0.15) is 0 Å². The van der Waals surface area contributed by atoms with Gasteiger partial charge < -0.3 is 11.1 Å². The second-order valence-electron chi connectivity index (χ2n) is 5.17. The van der Waals surface area contributed by atoms with E-state index in [4.69, 9.17) is 5.73 Å².